The molecule has 0 spiro atoms. The van der Waals surface area contributed by atoms with Gasteiger partial charge in [0.15, 0.2) is 0 Å². The molecule has 0 aliphatic heterocycles. The number of nitrogens with two attached hydrogens (primary N) is 1. The zero-order chi connectivity index (χ0) is 13.1. The second-order valence-electron chi connectivity index (χ2n) is 3.86. The number of hydrogen-bond donors (Lipinski definition) is 1. The Kier molecular flexibility index (Phi) is 3.53. The molecule has 18 heavy (non-hydrogen) atoms. The fraction of sp³-hybridized carbons (Fsp3) is 0.308. The van der Waals surface area contributed by atoms with E-state index >= 15 is 0 Å². The van der Waals surface area contributed by atoms with Crippen LogP contribution in [0.1, 0.15) is 11.3 Å². The number of benzene rings is 1. The molecule has 0 saturated carbocycles. The molecule has 0 bridgehead atoms. The molecule has 5 nitrogen and oxygen atoms in total. The Hall–Kier alpha value is -2.01. The van der Waals surface area contributed by atoms with Crippen molar-refractivity contribution in [3.63, 3.8) is 0 Å². The maximum Gasteiger partial charge on any atom is 0.221 e. The number of rotatable bonds is 4. The molecule has 0 fully saturated rings. The summed E-state index contributed by atoms with van der Waals surface area (Å²) in [5, 5.41) is 4.46. The summed E-state index contributed by atoms with van der Waals surface area (Å²) in [7, 11) is 3.24. The van der Waals surface area contributed by atoms with Crippen molar-refractivity contribution >= 4 is 0 Å². The fourth-order valence-electron chi connectivity index (χ4n) is 1.95. The SMILES string of the molecule is COc1ccccc1-n1nc(C)c(CN)c1OC. The van der Waals surface area contributed by atoms with Gasteiger partial charge in [-0.1, -0.05) is 12.1 Å². The predicted octanol–water partition coefficient (Wildman–Crippen LogP) is 1.66. The summed E-state index contributed by atoms with van der Waals surface area (Å²) >= 11 is 0. The van der Waals surface area contributed by atoms with Gasteiger partial charge in [-0.3, -0.25) is 0 Å². The molecule has 2 aromatic rings. The third kappa shape index (κ3) is 1.93. The van der Waals surface area contributed by atoms with E-state index in [-0.39, 0.29) is 0 Å². The molecule has 0 unspecified atom stereocenters. The number of ether oxygens (including phenoxy) is 2. The lowest BCUT2D eigenvalue weighted by Crippen LogP contribution is -2.04. The van der Waals surface area contributed by atoms with Crippen molar-refractivity contribution in [2.75, 3.05) is 14.2 Å². The Bertz CT molecular complexity index is 549. The third-order valence-corrected chi connectivity index (χ3v) is 2.85. The van der Waals surface area contributed by atoms with Gasteiger partial charge in [0.2, 0.25) is 5.88 Å². The smallest absolute Gasteiger partial charge is 0.221 e. The molecule has 0 aliphatic rings. The highest BCUT2D eigenvalue weighted by Gasteiger charge is 2.17. The van der Waals surface area contributed by atoms with Crippen molar-refractivity contribution in [1.29, 1.82) is 0 Å². The van der Waals surface area contributed by atoms with E-state index in [0.29, 0.717) is 12.4 Å². The molecule has 0 saturated heterocycles. The van der Waals surface area contributed by atoms with Gasteiger partial charge in [0.05, 0.1) is 25.5 Å². The molecule has 1 aromatic carbocycles. The lowest BCUT2D eigenvalue weighted by atomic mass is 10.2. The summed E-state index contributed by atoms with van der Waals surface area (Å²) < 4.78 is 12.5. The number of methoxy groups -OCH3 is 2. The molecule has 0 atom stereocenters. The van der Waals surface area contributed by atoms with E-state index in [1.165, 1.54) is 0 Å². The van der Waals surface area contributed by atoms with E-state index < -0.39 is 0 Å². The third-order valence-electron chi connectivity index (χ3n) is 2.85. The number of aromatic nitrogens is 2. The fourth-order valence-corrected chi connectivity index (χ4v) is 1.95. The standard InChI is InChI=1S/C13H17N3O2/c1-9-10(8-14)13(18-3)16(15-9)11-6-4-5-7-12(11)17-2/h4-7H,8,14H2,1-3H3. The lowest BCUT2D eigenvalue weighted by molar-refractivity contribution is 0.373. The van der Waals surface area contributed by atoms with Gasteiger partial charge in [0.1, 0.15) is 11.4 Å². The van der Waals surface area contributed by atoms with Gasteiger partial charge in [-0.05, 0) is 19.1 Å². The summed E-state index contributed by atoms with van der Waals surface area (Å²) in [6.07, 6.45) is 0. The molecule has 2 N–H and O–H groups in total. The van der Waals surface area contributed by atoms with Gasteiger partial charge in [0, 0.05) is 6.54 Å². The Balaban J connectivity index is 2.63. The van der Waals surface area contributed by atoms with Crippen LogP contribution in [-0.2, 0) is 6.54 Å². The summed E-state index contributed by atoms with van der Waals surface area (Å²) in [5.74, 6) is 1.39. The van der Waals surface area contributed by atoms with Crippen LogP contribution in [0.4, 0.5) is 0 Å². The zero-order valence-electron chi connectivity index (χ0n) is 10.8. The molecule has 0 amide bonds. The number of aryl methyl sites for hydroxylation is 1. The van der Waals surface area contributed by atoms with Crippen LogP contribution < -0.4 is 15.2 Å². The Morgan fingerprint density at radius 2 is 1.94 bits per heavy atom. The first-order valence-corrected chi connectivity index (χ1v) is 5.68. The normalized spacial score (nSPS) is 10.4. The van der Waals surface area contributed by atoms with Gasteiger partial charge in [0.25, 0.3) is 0 Å². The summed E-state index contributed by atoms with van der Waals surface area (Å²) in [6, 6.07) is 7.65. The molecule has 96 valence electrons. The topological polar surface area (TPSA) is 62.3 Å². The molecule has 1 aromatic heterocycles. The first-order valence-electron chi connectivity index (χ1n) is 5.68. The van der Waals surface area contributed by atoms with Crippen molar-refractivity contribution in [1.82, 2.24) is 9.78 Å². The molecule has 2 rings (SSSR count). The van der Waals surface area contributed by atoms with E-state index in [0.717, 1.165) is 22.7 Å². The van der Waals surface area contributed by atoms with Gasteiger partial charge < -0.3 is 15.2 Å². The monoisotopic (exact) mass is 247 g/mol. The van der Waals surface area contributed by atoms with Crippen LogP contribution in [-0.4, -0.2) is 24.0 Å². The number of hydrogen-bond acceptors (Lipinski definition) is 4. The minimum absolute atomic E-state index is 0.393. The molecular weight excluding hydrogens is 230 g/mol. The predicted molar refractivity (Wildman–Crippen MR) is 69.3 cm³/mol. The largest absolute Gasteiger partial charge is 0.494 e. The highest BCUT2D eigenvalue weighted by Crippen LogP contribution is 2.29. The maximum atomic E-state index is 5.72. The van der Waals surface area contributed by atoms with Crippen LogP contribution in [0.5, 0.6) is 11.6 Å². The molecule has 0 aliphatic carbocycles. The highest BCUT2D eigenvalue weighted by atomic mass is 16.5. The molecule has 1 heterocycles. The van der Waals surface area contributed by atoms with E-state index in [1.54, 1.807) is 18.9 Å². The van der Waals surface area contributed by atoms with Crippen LogP contribution in [0, 0.1) is 6.92 Å². The van der Waals surface area contributed by atoms with Gasteiger partial charge in [-0.2, -0.15) is 9.78 Å². The van der Waals surface area contributed by atoms with Crippen LogP contribution in [0.15, 0.2) is 24.3 Å². The summed E-state index contributed by atoms with van der Waals surface area (Å²) in [5.41, 5.74) is 8.32. The van der Waals surface area contributed by atoms with Crippen LogP contribution in [0.25, 0.3) is 5.69 Å². The average Bonchev–Trinajstić information content (AvgIpc) is 2.74. The van der Waals surface area contributed by atoms with Gasteiger partial charge >= 0.3 is 0 Å². The Labute approximate surface area is 106 Å². The molecular formula is C13H17N3O2. The van der Waals surface area contributed by atoms with Crippen molar-refractivity contribution in [2.45, 2.75) is 13.5 Å². The minimum Gasteiger partial charge on any atom is -0.494 e. The van der Waals surface area contributed by atoms with Crippen molar-refractivity contribution < 1.29 is 9.47 Å². The van der Waals surface area contributed by atoms with Crippen LogP contribution in [0.3, 0.4) is 0 Å². The maximum absolute atomic E-state index is 5.72. The van der Waals surface area contributed by atoms with Crippen molar-refractivity contribution in [3.05, 3.63) is 35.5 Å². The van der Waals surface area contributed by atoms with E-state index in [9.17, 15) is 0 Å². The minimum atomic E-state index is 0.393. The quantitative estimate of drug-likeness (QED) is 0.892. The second-order valence-corrected chi connectivity index (χ2v) is 3.86. The summed E-state index contributed by atoms with van der Waals surface area (Å²) in [6.45, 7) is 2.31. The van der Waals surface area contributed by atoms with Gasteiger partial charge in [-0.15, -0.1) is 0 Å². The Morgan fingerprint density at radius 3 is 2.56 bits per heavy atom. The van der Waals surface area contributed by atoms with Crippen molar-refractivity contribution in [3.8, 4) is 17.3 Å². The van der Waals surface area contributed by atoms with Gasteiger partial charge in [-0.25, -0.2) is 0 Å². The highest BCUT2D eigenvalue weighted by molar-refractivity contribution is 5.50. The van der Waals surface area contributed by atoms with E-state index in [2.05, 4.69) is 5.10 Å². The van der Waals surface area contributed by atoms with Crippen LogP contribution in [0.2, 0.25) is 0 Å². The van der Waals surface area contributed by atoms with E-state index in [1.807, 2.05) is 31.2 Å². The summed E-state index contributed by atoms with van der Waals surface area (Å²) in [4.78, 5) is 0. The lowest BCUT2D eigenvalue weighted by Gasteiger charge is -2.11. The second kappa shape index (κ2) is 5.10. The first-order chi connectivity index (χ1) is 8.72. The molecule has 5 heteroatoms. The average molecular weight is 247 g/mol. The number of para-hydroxylation sites is 2. The zero-order valence-corrected chi connectivity index (χ0v) is 10.8. The Morgan fingerprint density at radius 1 is 1.22 bits per heavy atom. The van der Waals surface area contributed by atoms with Crippen LogP contribution >= 0.6 is 0 Å². The number of nitrogens with zero attached hydrogens (tertiary/aromatic N) is 2. The molecule has 0 radical (unpaired) electrons. The first kappa shape index (κ1) is 12.4. The van der Waals surface area contributed by atoms with Crippen molar-refractivity contribution in [2.24, 2.45) is 5.73 Å². The van der Waals surface area contributed by atoms with E-state index in [4.69, 9.17) is 15.2 Å².